The predicted octanol–water partition coefficient (Wildman–Crippen LogP) is 17.7. The summed E-state index contributed by atoms with van der Waals surface area (Å²) in [5.74, 6) is 2.18. The van der Waals surface area contributed by atoms with Crippen molar-refractivity contribution in [2.75, 3.05) is 0 Å². The molecule has 5 bridgehead atoms. The second kappa shape index (κ2) is 15.8. The van der Waals surface area contributed by atoms with E-state index in [1.54, 1.807) is 10.4 Å². The number of rotatable bonds is 6. The SMILES string of the molecule is CC1=C2C3=C(C=CC=CC3c3ccc4cc(O[Si](C)(C)C(C)(C)C)ccc4c3)[CH]1[Zr]([Cl])([Cl])[C]13CCC[SiH]2C(=C1C)C1=C3C=CC=CC1c1ccc2cc(O[Si](C)(C)C(C)(C)C)ccc2c1. The van der Waals surface area contributed by atoms with Gasteiger partial charge in [-0.3, -0.25) is 0 Å². The van der Waals surface area contributed by atoms with Crippen LogP contribution in [0.3, 0.4) is 0 Å². The predicted molar refractivity (Wildman–Crippen MR) is 284 cm³/mol. The normalized spacial score (nSPS) is 26.1. The maximum absolute atomic E-state index is 8.57. The zero-order chi connectivity index (χ0) is 46.2. The Morgan fingerprint density at radius 3 is 1.66 bits per heavy atom. The molecule has 0 N–H and O–H groups in total. The molecule has 4 aromatic rings. The van der Waals surface area contributed by atoms with Gasteiger partial charge < -0.3 is 0 Å². The van der Waals surface area contributed by atoms with Gasteiger partial charge in [0.25, 0.3) is 0 Å². The Hall–Kier alpha value is -2.97. The molecule has 4 aliphatic carbocycles. The van der Waals surface area contributed by atoms with Crippen molar-refractivity contribution < 1.29 is 26.7 Å². The van der Waals surface area contributed by atoms with Gasteiger partial charge in [-0.05, 0) is 36.3 Å². The maximum atomic E-state index is 8.57. The van der Waals surface area contributed by atoms with E-state index >= 15 is 0 Å². The summed E-state index contributed by atoms with van der Waals surface area (Å²) in [5.41, 5.74) is 11.6. The number of fused-ring (bicyclic) bond motifs is 6. The second-order valence-corrected chi connectivity index (χ2v) is 50.0. The van der Waals surface area contributed by atoms with Crippen LogP contribution in [0.4, 0.5) is 0 Å². The molecule has 2 aliphatic heterocycles. The minimum absolute atomic E-state index is 0.0923. The summed E-state index contributed by atoms with van der Waals surface area (Å²) in [6, 6.07) is 28.9. The van der Waals surface area contributed by atoms with Crippen molar-refractivity contribution in [1.29, 1.82) is 0 Å². The van der Waals surface area contributed by atoms with Crippen LogP contribution in [0.1, 0.15) is 91.2 Å². The van der Waals surface area contributed by atoms with Crippen LogP contribution in [0, 0.1) is 0 Å². The standard InChI is InChI=1S/C57H66O2Si3.2ClH.Zr/c1-37-32-45-18-13-14-19-49(43-25-23-41-35-46(29-27-39(41)33-43)58-61(9,10)56(3,4)5)52(45)54(37)60-31-17-22-48-38(2)55(60)53-50(20-15-16-21-51(48)53)44-26-24-42-36-47(30-28-40(42)34-44)59-62(11,12)57(6,7)8;;;/h13-16,18-21,23-30,32-36,49-50,60H,17,22,31H2,1-12H3;2*1H;/q;;;+2/p-2. The van der Waals surface area contributed by atoms with E-state index in [0.29, 0.717) is 0 Å². The van der Waals surface area contributed by atoms with Gasteiger partial charge in [0, 0.05) is 0 Å². The van der Waals surface area contributed by atoms with E-state index in [9.17, 15) is 0 Å². The fourth-order valence-electron chi connectivity index (χ4n) is 11.9. The van der Waals surface area contributed by atoms with Crippen LogP contribution in [0.15, 0.2) is 165 Å². The molecular formula is C57H66Cl2O2Si3Zr. The van der Waals surface area contributed by atoms with Crippen molar-refractivity contribution in [3.05, 3.63) is 176 Å². The summed E-state index contributed by atoms with van der Waals surface area (Å²) >= 11 is -4.35. The second-order valence-electron chi connectivity index (χ2n) is 22.9. The van der Waals surface area contributed by atoms with E-state index in [-0.39, 0.29) is 28.7 Å². The molecular weight excluding hydrogens is 963 g/mol. The van der Waals surface area contributed by atoms with Crippen molar-refractivity contribution in [3.63, 3.8) is 0 Å². The zero-order valence-corrected chi connectivity index (χ0v) is 47.7. The van der Waals surface area contributed by atoms with Gasteiger partial charge in [-0.15, -0.1) is 0 Å². The monoisotopic (exact) mass is 1030 g/mol. The fourth-order valence-corrected chi connectivity index (χ4v) is 35.1. The Morgan fingerprint density at radius 1 is 0.631 bits per heavy atom. The van der Waals surface area contributed by atoms with E-state index in [1.165, 1.54) is 78.6 Å². The Morgan fingerprint density at radius 2 is 1.12 bits per heavy atom. The van der Waals surface area contributed by atoms with Crippen LogP contribution in [0.2, 0.25) is 49.1 Å². The third-order valence-corrected chi connectivity index (χ3v) is 44.9. The summed E-state index contributed by atoms with van der Waals surface area (Å²) in [5, 5.41) is 8.51. The molecule has 5 unspecified atom stereocenters. The van der Waals surface area contributed by atoms with E-state index < -0.39 is 43.3 Å². The molecule has 336 valence electrons. The average Bonchev–Trinajstić information content (AvgIpc) is 3.37. The molecule has 8 heteroatoms. The Kier molecular flexibility index (Phi) is 11.1. The molecule has 0 radical (unpaired) electrons. The Balaban J connectivity index is 1.07. The van der Waals surface area contributed by atoms with Crippen LogP contribution in [-0.2, 0) is 17.9 Å². The molecule has 0 saturated carbocycles. The molecule has 4 aromatic carbocycles. The fraction of sp³-hybridized carbons (Fsp3) is 0.368. The third kappa shape index (κ3) is 7.10. The van der Waals surface area contributed by atoms with Crippen LogP contribution in [-0.4, -0.2) is 25.4 Å². The van der Waals surface area contributed by atoms with Gasteiger partial charge >= 0.3 is 330 Å². The topological polar surface area (TPSA) is 18.5 Å². The quantitative estimate of drug-likeness (QED) is 0.179. The number of hydrogen-bond acceptors (Lipinski definition) is 2. The van der Waals surface area contributed by atoms with Gasteiger partial charge in [0.1, 0.15) is 0 Å². The van der Waals surface area contributed by atoms with Gasteiger partial charge in [0.15, 0.2) is 0 Å². The molecule has 2 nitrogen and oxygen atoms in total. The number of allylic oxidation sites excluding steroid dienone is 16. The van der Waals surface area contributed by atoms with E-state index in [0.717, 1.165) is 17.9 Å². The Labute approximate surface area is 404 Å². The van der Waals surface area contributed by atoms with Crippen LogP contribution >= 0.6 is 17.0 Å². The van der Waals surface area contributed by atoms with Crippen molar-refractivity contribution in [1.82, 2.24) is 0 Å². The molecule has 0 aromatic heterocycles. The first-order valence-corrected chi connectivity index (χ1v) is 40.8. The van der Waals surface area contributed by atoms with E-state index in [2.05, 4.69) is 203 Å². The molecule has 5 atom stereocenters. The molecule has 0 saturated heterocycles. The van der Waals surface area contributed by atoms with Crippen LogP contribution in [0.25, 0.3) is 21.5 Å². The number of halogens is 2. The molecule has 10 rings (SSSR count). The molecule has 2 heterocycles. The van der Waals surface area contributed by atoms with E-state index in [4.69, 9.17) is 25.9 Å². The summed E-state index contributed by atoms with van der Waals surface area (Å²) in [4.78, 5) is 0. The summed E-state index contributed by atoms with van der Waals surface area (Å²) in [7, 11) is 11.4. The van der Waals surface area contributed by atoms with E-state index in [1.807, 2.05) is 0 Å². The van der Waals surface area contributed by atoms with Gasteiger partial charge in [-0.25, -0.2) is 0 Å². The van der Waals surface area contributed by atoms with Gasteiger partial charge in [-0.2, -0.15) is 0 Å². The molecule has 0 spiro atoms. The average molecular weight is 1030 g/mol. The summed E-state index contributed by atoms with van der Waals surface area (Å²) in [6.07, 6.45) is 21.1. The number of hydrogen-bond donors (Lipinski definition) is 0. The van der Waals surface area contributed by atoms with Crippen molar-refractivity contribution in [3.8, 4) is 11.5 Å². The summed E-state index contributed by atoms with van der Waals surface area (Å²) in [6.45, 7) is 28.0. The first-order valence-electron chi connectivity index (χ1n) is 24.0. The zero-order valence-electron chi connectivity index (χ0n) is 40.6. The molecule has 65 heavy (non-hydrogen) atoms. The van der Waals surface area contributed by atoms with Gasteiger partial charge in [0.05, 0.1) is 0 Å². The molecule has 6 aliphatic rings. The Bertz CT molecular complexity index is 2960. The minimum atomic E-state index is -4.35. The van der Waals surface area contributed by atoms with Gasteiger partial charge in [0.2, 0.25) is 0 Å². The third-order valence-electron chi connectivity index (χ3n) is 17.3. The van der Waals surface area contributed by atoms with Crippen molar-refractivity contribution in [2.45, 2.75) is 129 Å². The van der Waals surface area contributed by atoms with Gasteiger partial charge in [-0.1, -0.05) is 41.5 Å². The first kappa shape index (κ1) is 45.8. The molecule has 0 fully saturated rings. The van der Waals surface area contributed by atoms with Crippen molar-refractivity contribution in [2.24, 2.45) is 0 Å². The van der Waals surface area contributed by atoms with Crippen LogP contribution < -0.4 is 8.85 Å². The first-order chi connectivity index (χ1) is 30.6. The van der Waals surface area contributed by atoms with Crippen LogP contribution in [0.5, 0.6) is 11.5 Å². The summed E-state index contributed by atoms with van der Waals surface area (Å²) < 4.78 is 13.3. The van der Waals surface area contributed by atoms with Crippen molar-refractivity contribution >= 4 is 64.0 Å². The number of benzene rings is 4. The molecule has 0 amide bonds.